The minimum absolute atomic E-state index is 0.0341. The highest BCUT2D eigenvalue weighted by Gasteiger charge is 2.17. The predicted molar refractivity (Wildman–Crippen MR) is 78.4 cm³/mol. The third-order valence-corrected chi connectivity index (χ3v) is 2.91. The van der Waals surface area contributed by atoms with Crippen LogP contribution in [0.5, 0.6) is 0 Å². The lowest BCUT2D eigenvalue weighted by atomic mass is 10.1. The summed E-state index contributed by atoms with van der Waals surface area (Å²) < 4.78 is 4.91. The third kappa shape index (κ3) is 5.43. The number of carbonyl (C=O) groups excluding carboxylic acids is 2. The molecule has 0 N–H and O–H groups in total. The first kappa shape index (κ1) is 16.2. The van der Waals surface area contributed by atoms with E-state index in [0.717, 1.165) is 17.5 Å². The third-order valence-electron chi connectivity index (χ3n) is 2.91. The van der Waals surface area contributed by atoms with Crippen molar-refractivity contribution in [3.63, 3.8) is 0 Å². The zero-order chi connectivity index (χ0) is 15.0. The van der Waals surface area contributed by atoms with Crippen molar-refractivity contribution >= 4 is 11.9 Å². The molecule has 4 heteroatoms. The van der Waals surface area contributed by atoms with E-state index in [-0.39, 0.29) is 18.4 Å². The zero-order valence-corrected chi connectivity index (χ0v) is 12.5. The van der Waals surface area contributed by atoms with Crippen LogP contribution in [0.3, 0.4) is 0 Å². The molecule has 0 aliphatic heterocycles. The van der Waals surface area contributed by atoms with Crippen LogP contribution in [-0.4, -0.2) is 36.5 Å². The number of esters is 1. The van der Waals surface area contributed by atoms with Gasteiger partial charge in [-0.15, -0.1) is 0 Å². The molecule has 1 aromatic carbocycles. The van der Waals surface area contributed by atoms with Crippen LogP contribution in [0.1, 0.15) is 31.4 Å². The number of nitrogens with zero attached hydrogens (tertiary/aromatic N) is 1. The number of amides is 1. The molecule has 1 rings (SSSR count). The molecular weight excluding hydrogens is 254 g/mol. The van der Waals surface area contributed by atoms with E-state index in [1.165, 1.54) is 0 Å². The minimum Gasteiger partial charge on any atom is -0.465 e. The van der Waals surface area contributed by atoms with E-state index >= 15 is 0 Å². The highest BCUT2D eigenvalue weighted by molar-refractivity contribution is 5.83. The molecule has 0 saturated heterocycles. The van der Waals surface area contributed by atoms with Crippen LogP contribution in [-0.2, 0) is 20.7 Å². The van der Waals surface area contributed by atoms with Crippen LogP contribution in [0.2, 0.25) is 0 Å². The molecule has 1 aromatic rings. The van der Waals surface area contributed by atoms with Gasteiger partial charge in [0, 0.05) is 6.54 Å². The molecule has 0 spiro atoms. The number of rotatable bonds is 7. The lowest BCUT2D eigenvalue weighted by Crippen LogP contribution is -2.38. The molecule has 0 heterocycles. The summed E-state index contributed by atoms with van der Waals surface area (Å²) >= 11 is 0. The highest BCUT2D eigenvalue weighted by Crippen LogP contribution is 2.07. The standard InChI is InChI=1S/C16H23NO3/c1-4-9-17(12-16(19)20-5-2)15(18)11-14-8-6-7-13(3)10-14/h6-8,10H,4-5,9,11-12H2,1-3H3. The van der Waals surface area contributed by atoms with Crippen LogP contribution in [0.15, 0.2) is 24.3 Å². The van der Waals surface area contributed by atoms with E-state index in [1.807, 2.05) is 38.1 Å². The van der Waals surface area contributed by atoms with Gasteiger partial charge in [-0.2, -0.15) is 0 Å². The number of hydrogen-bond donors (Lipinski definition) is 0. The van der Waals surface area contributed by atoms with Gasteiger partial charge in [0.25, 0.3) is 0 Å². The van der Waals surface area contributed by atoms with Gasteiger partial charge >= 0.3 is 5.97 Å². The van der Waals surface area contributed by atoms with Crippen molar-refractivity contribution in [3.05, 3.63) is 35.4 Å². The fourth-order valence-corrected chi connectivity index (χ4v) is 2.03. The largest absolute Gasteiger partial charge is 0.465 e. The second-order valence-corrected chi connectivity index (χ2v) is 4.79. The van der Waals surface area contributed by atoms with Crippen LogP contribution in [0, 0.1) is 6.92 Å². The van der Waals surface area contributed by atoms with Gasteiger partial charge in [-0.1, -0.05) is 36.8 Å². The topological polar surface area (TPSA) is 46.6 Å². The first-order chi connectivity index (χ1) is 9.56. The lowest BCUT2D eigenvalue weighted by molar-refractivity contribution is -0.148. The molecule has 0 aliphatic rings. The van der Waals surface area contributed by atoms with Gasteiger partial charge in [0.05, 0.1) is 13.0 Å². The van der Waals surface area contributed by atoms with Crippen LogP contribution < -0.4 is 0 Å². The Balaban J connectivity index is 2.66. The Morgan fingerprint density at radius 3 is 2.60 bits per heavy atom. The maximum Gasteiger partial charge on any atom is 0.325 e. The Labute approximate surface area is 120 Å². The zero-order valence-electron chi connectivity index (χ0n) is 12.5. The summed E-state index contributed by atoms with van der Waals surface area (Å²) in [7, 11) is 0. The summed E-state index contributed by atoms with van der Waals surface area (Å²) in [6.07, 6.45) is 1.14. The Kier molecular flexibility index (Phi) is 6.77. The van der Waals surface area contributed by atoms with Crippen LogP contribution >= 0.6 is 0 Å². The van der Waals surface area contributed by atoms with E-state index < -0.39 is 0 Å². The predicted octanol–water partition coefficient (Wildman–Crippen LogP) is 2.34. The van der Waals surface area contributed by atoms with Crippen molar-refractivity contribution in [1.29, 1.82) is 0 Å². The van der Waals surface area contributed by atoms with Crippen LogP contribution in [0.25, 0.3) is 0 Å². The summed E-state index contributed by atoms with van der Waals surface area (Å²) in [6.45, 7) is 6.69. The van der Waals surface area contributed by atoms with Gasteiger partial charge in [-0.05, 0) is 25.8 Å². The minimum atomic E-state index is -0.349. The van der Waals surface area contributed by atoms with Crippen LogP contribution in [0.4, 0.5) is 0 Å². The van der Waals surface area contributed by atoms with Gasteiger partial charge in [0.2, 0.25) is 5.91 Å². The monoisotopic (exact) mass is 277 g/mol. The first-order valence-electron chi connectivity index (χ1n) is 7.05. The van der Waals surface area contributed by atoms with Crippen molar-refractivity contribution in [1.82, 2.24) is 4.90 Å². The number of aryl methyl sites for hydroxylation is 1. The fourth-order valence-electron chi connectivity index (χ4n) is 2.03. The molecule has 0 bridgehead atoms. The number of carbonyl (C=O) groups is 2. The first-order valence-corrected chi connectivity index (χ1v) is 7.05. The fraction of sp³-hybridized carbons (Fsp3) is 0.500. The summed E-state index contributed by atoms with van der Waals surface area (Å²) in [5.74, 6) is -0.385. The summed E-state index contributed by atoms with van der Waals surface area (Å²) in [6, 6.07) is 7.86. The van der Waals surface area contributed by atoms with E-state index in [9.17, 15) is 9.59 Å². The molecule has 0 aromatic heterocycles. The molecule has 0 fully saturated rings. The van der Waals surface area contributed by atoms with E-state index in [4.69, 9.17) is 4.74 Å². The normalized spacial score (nSPS) is 10.2. The van der Waals surface area contributed by atoms with Crippen molar-refractivity contribution < 1.29 is 14.3 Å². The van der Waals surface area contributed by atoms with Gasteiger partial charge in [0.1, 0.15) is 6.54 Å². The quantitative estimate of drug-likeness (QED) is 0.719. The molecule has 4 nitrogen and oxygen atoms in total. The molecular formula is C16H23NO3. The molecule has 1 amide bonds. The maximum atomic E-state index is 12.3. The highest BCUT2D eigenvalue weighted by atomic mass is 16.5. The van der Waals surface area contributed by atoms with Crippen molar-refractivity contribution in [2.75, 3.05) is 19.7 Å². The molecule has 0 atom stereocenters. The smallest absolute Gasteiger partial charge is 0.325 e. The number of hydrogen-bond acceptors (Lipinski definition) is 3. The maximum absolute atomic E-state index is 12.3. The van der Waals surface area contributed by atoms with E-state index in [2.05, 4.69) is 0 Å². The molecule has 0 saturated carbocycles. The second kappa shape index (κ2) is 8.35. The summed E-state index contributed by atoms with van der Waals surface area (Å²) in [4.78, 5) is 25.4. The molecule has 0 radical (unpaired) electrons. The number of ether oxygens (including phenoxy) is 1. The summed E-state index contributed by atoms with van der Waals surface area (Å²) in [5.41, 5.74) is 2.10. The molecule has 0 unspecified atom stereocenters. The van der Waals surface area contributed by atoms with Crippen molar-refractivity contribution in [3.8, 4) is 0 Å². The van der Waals surface area contributed by atoms with Crippen molar-refractivity contribution in [2.45, 2.75) is 33.6 Å². The number of benzene rings is 1. The van der Waals surface area contributed by atoms with E-state index in [1.54, 1.807) is 11.8 Å². The molecule has 0 aliphatic carbocycles. The van der Waals surface area contributed by atoms with Crippen molar-refractivity contribution in [2.24, 2.45) is 0 Å². The van der Waals surface area contributed by atoms with Gasteiger partial charge < -0.3 is 9.64 Å². The average molecular weight is 277 g/mol. The van der Waals surface area contributed by atoms with Gasteiger partial charge in [0.15, 0.2) is 0 Å². The van der Waals surface area contributed by atoms with Gasteiger partial charge in [-0.3, -0.25) is 9.59 Å². The SMILES string of the molecule is CCCN(CC(=O)OCC)C(=O)Cc1cccc(C)c1. The lowest BCUT2D eigenvalue weighted by Gasteiger charge is -2.21. The Morgan fingerprint density at radius 1 is 1.25 bits per heavy atom. The second-order valence-electron chi connectivity index (χ2n) is 4.79. The Morgan fingerprint density at radius 2 is 2.00 bits per heavy atom. The van der Waals surface area contributed by atoms with Gasteiger partial charge in [-0.25, -0.2) is 0 Å². The molecule has 110 valence electrons. The molecule has 20 heavy (non-hydrogen) atoms. The Bertz CT molecular complexity index is 457. The van der Waals surface area contributed by atoms with E-state index in [0.29, 0.717) is 19.6 Å². The average Bonchev–Trinajstić information content (AvgIpc) is 2.38. The summed E-state index contributed by atoms with van der Waals surface area (Å²) in [5, 5.41) is 0. The Hall–Kier alpha value is -1.84.